The molecule has 0 spiro atoms. The van der Waals surface area contributed by atoms with E-state index in [0.717, 1.165) is 35.6 Å². The molecular weight excluding hydrogens is 302 g/mol. The van der Waals surface area contributed by atoms with Crippen molar-refractivity contribution >= 4 is 22.6 Å². The monoisotopic (exact) mass is 325 g/mol. The normalized spacial score (nSPS) is 16.5. The van der Waals surface area contributed by atoms with E-state index in [-0.39, 0.29) is 17.9 Å². The maximum Gasteiger partial charge on any atom is 0.308 e. The molecule has 1 fully saturated rings. The second kappa shape index (κ2) is 6.63. The summed E-state index contributed by atoms with van der Waals surface area (Å²) in [6.07, 6.45) is 3.07. The van der Waals surface area contributed by atoms with Crippen LogP contribution >= 0.6 is 0 Å². The second-order valence-electron chi connectivity index (χ2n) is 6.76. The van der Waals surface area contributed by atoms with Gasteiger partial charge in [0.15, 0.2) is 0 Å². The van der Waals surface area contributed by atoms with E-state index in [1.54, 1.807) is 0 Å². The van der Waals surface area contributed by atoms with E-state index in [1.165, 1.54) is 0 Å². The third-order valence-electron chi connectivity index (χ3n) is 5.17. The summed E-state index contributed by atoms with van der Waals surface area (Å²) in [4.78, 5) is 23.8. The topological polar surface area (TPSA) is 66.4 Å². The van der Waals surface area contributed by atoms with Gasteiger partial charge in [0.1, 0.15) is 0 Å². The molecule has 0 bridgehead atoms. The van der Waals surface area contributed by atoms with Gasteiger partial charge in [-0.05, 0) is 42.0 Å². The molecule has 0 saturated heterocycles. The number of nitrogens with one attached hydrogen (secondary N) is 1. The number of carbonyl (C=O) groups excluding carboxylic acids is 1. The van der Waals surface area contributed by atoms with Crippen molar-refractivity contribution in [2.45, 2.75) is 32.6 Å². The van der Waals surface area contributed by atoms with Gasteiger partial charge in [0, 0.05) is 12.0 Å². The van der Waals surface area contributed by atoms with Gasteiger partial charge in [0.05, 0.1) is 5.92 Å². The van der Waals surface area contributed by atoms with Gasteiger partial charge >= 0.3 is 5.97 Å². The number of fused-ring (bicyclic) bond motifs is 1. The van der Waals surface area contributed by atoms with Gasteiger partial charge in [-0.3, -0.25) is 9.59 Å². The smallest absolute Gasteiger partial charge is 0.308 e. The minimum absolute atomic E-state index is 0.00904. The zero-order chi connectivity index (χ0) is 17.2. The lowest BCUT2D eigenvalue weighted by Gasteiger charge is -2.17. The Morgan fingerprint density at radius 2 is 1.88 bits per heavy atom. The van der Waals surface area contributed by atoms with Gasteiger partial charge in [-0.25, -0.2) is 0 Å². The number of hydrogen-bond donors (Lipinski definition) is 2. The summed E-state index contributed by atoms with van der Waals surface area (Å²) in [6, 6.07) is 14.0. The zero-order valence-electron chi connectivity index (χ0n) is 13.9. The standard InChI is InChI=1S/C20H23NO3/c1-2-20(9-10-20)19(24)21-13-17(18(22)23)12-14-7-8-15-5-3-4-6-16(15)11-14/h3-8,11,17H,2,9-10,12-13H2,1H3,(H,21,24)(H,22,23). The molecule has 2 N–H and O–H groups in total. The Hall–Kier alpha value is -2.36. The Labute approximate surface area is 141 Å². The van der Waals surface area contributed by atoms with Crippen LogP contribution in [0.2, 0.25) is 0 Å². The average molecular weight is 325 g/mol. The van der Waals surface area contributed by atoms with Crippen LogP contribution in [-0.4, -0.2) is 23.5 Å². The summed E-state index contributed by atoms with van der Waals surface area (Å²) in [6.45, 7) is 2.19. The van der Waals surface area contributed by atoms with Crippen molar-refractivity contribution in [3.05, 3.63) is 48.0 Å². The van der Waals surface area contributed by atoms with Crippen LogP contribution in [0.15, 0.2) is 42.5 Å². The summed E-state index contributed by atoms with van der Waals surface area (Å²) < 4.78 is 0. The lowest BCUT2D eigenvalue weighted by atomic mass is 9.96. The van der Waals surface area contributed by atoms with Gasteiger partial charge in [0.2, 0.25) is 5.91 Å². The first kappa shape index (κ1) is 16.5. The molecule has 1 amide bonds. The minimum Gasteiger partial charge on any atom is -0.481 e. The zero-order valence-corrected chi connectivity index (χ0v) is 13.9. The molecule has 2 aromatic carbocycles. The highest BCUT2D eigenvalue weighted by molar-refractivity contribution is 5.86. The van der Waals surface area contributed by atoms with Crippen LogP contribution in [0.5, 0.6) is 0 Å². The van der Waals surface area contributed by atoms with Crippen LogP contribution in [0.4, 0.5) is 0 Å². The largest absolute Gasteiger partial charge is 0.481 e. The number of amides is 1. The molecule has 4 nitrogen and oxygen atoms in total. The van der Waals surface area contributed by atoms with E-state index < -0.39 is 11.9 Å². The third kappa shape index (κ3) is 3.42. The van der Waals surface area contributed by atoms with Crippen LogP contribution in [0, 0.1) is 11.3 Å². The number of carbonyl (C=O) groups is 2. The van der Waals surface area contributed by atoms with Gasteiger partial charge in [-0.1, -0.05) is 49.4 Å². The molecule has 1 aliphatic carbocycles. The fourth-order valence-electron chi connectivity index (χ4n) is 3.19. The Balaban J connectivity index is 1.66. The van der Waals surface area contributed by atoms with Crippen molar-refractivity contribution in [2.75, 3.05) is 6.54 Å². The Kier molecular flexibility index (Phi) is 4.56. The molecule has 126 valence electrons. The van der Waals surface area contributed by atoms with Crippen LogP contribution < -0.4 is 5.32 Å². The van der Waals surface area contributed by atoms with Gasteiger partial charge in [-0.15, -0.1) is 0 Å². The predicted octanol–water partition coefficient (Wildman–Crippen LogP) is 3.39. The van der Waals surface area contributed by atoms with Crippen LogP contribution in [0.3, 0.4) is 0 Å². The van der Waals surface area contributed by atoms with E-state index >= 15 is 0 Å². The second-order valence-corrected chi connectivity index (χ2v) is 6.76. The van der Waals surface area contributed by atoms with Crippen molar-refractivity contribution in [3.63, 3.8) is 0 Å². The molecule has 3 rings (SSSR count). The molecule has 0 radical (unpaired) electrons. The molecule has 1 unspecified atom stereocenters. The molecule has 0 aliphatic heterocycles. The Morgan fingerprint density at radius 3 is 2.50 bits per heavy atom. The van der Waals surface area contributed by atoms with Gasteiger partial charge < -0.3 is 10.4 Å². The highest BCUT2D eigenvalue weighted by Crippen LogP contribution is 2.48. The summed E-state index contributed by atoms with van der Waals surface area (Å²) >= 11 is 0. The van der Waals surface area contributed by atoms with E-state index in [1.807, 2.05) is 49.4 Å². The molecule has 2 aromatic rings. The van der Waals surface area contributed by atoms with E-state index in [4.69, 9.17) is 0 Å². The highest BCUT2D eigenvalue weighted by atomic mass is 16.4. The number of aliphatic carboxylic acids is 1. The van der Waals surface area contributed by atoms with E-state index in [2.05, 4.69) is 5.32 Å². The summed E-state index contributed by atoms with van der Waals surface area (Å²) in [5.41, 5.74) is 0.749. The highest BCUT2D eigenvalue weighted by Gasteiger charge is 2.47. The molecule has 1 saturated carbocycles. The first-order chi connectivity index (χ1) is 11.5. The van der Waals surface area contributed by atoms with Crippen molar-refractivity contribution in [3.8, 4) is 0 Å². The van der Waals surface area contributed by atoms with Crippen molar-refractivity contribution in [1.82, 2.24) is 5.32 Å². The van der Waals surface area contributed by atoms with E-state index in [9.17, 15) is 14.7 Å². The number of carboxylic acids is 1. The summed E-state index contributed by atoms with van der Waals surface area (Å²) in [5, 5.41) is 14.6. The maximum atomic E-state index is 12.2. The lowest BCUT2D eigenvalue weighted by molar-refractivity contribution is -0.141. The first-order valence-electron chi connectivity index (χ1n) is 8.53. The molecule has 4 heteroatoms. The van der Waals surface area contributed by atoms with Crippen molar-refractivity contribution < 1.29 is 14.7 Å². The van der Waals surface area contributed by atoms with Crippen LogP contribution in [0.1, 0.15) is 31.7 Å². The van der Waals surface area contributed by atoms with E-state index in [0.29, 0.717) is 6.42 Å². The average Bonchev–Trinajstić information content (AvgIpc) is 3.39. The minimum atomic E-state index is -0.871. The van der Waals surface area contributed by atoms with Crippen molar-refractivity contribution in [1.29, 1.82) is 0 Å². The summed E-state index contributed by atoms with van der Waals surface area (Å²) in [7, 11) is 0. The SMILES string of the molecule is CCC1(C(=O)NCC(Cc2ccc3ccccc3c2)C(=O)O)CC1. The molecular formula is C20H23NO3. The molecule has 24 heavy (non-hydrogen) atoms. The Morgan fingerprint density at radius 1 is 1.17 bits per heavy atom. The predicted molar refractivity (Wildman–Crippen MR) is 93.7 cm³/mol. The fraction of sp³-hybridized carbons (Fsp3) is 0.400. The summed E-state index contributed by atoms with van der Waals surface area (Å²) in [5.74, 6) is -1.47. The number of hydrogen-bond acceptors (Lipinski definition) is 2. The third-order valence-corrected chi connectivity index (χ3v) is 5.17. The quantitative estimate of drug-likeness (QED) is 0.820. The molecule has 1 aliphatic rings. The molecule has 0 heterocycles. The van der Waals surface area contributed by atoms with Crippen LogP contribution in [-0.2, 0) is 16.0 Å². The van der Waals surface area contributed by atoms with Crippen molar-refractivity contribution in [2.24, 2.45) is 11.3 Å². The fourth-order valence-corrected chi connectivity index (χ4v) is 3.19. The first-order valence-corrected chi connectivity index (χ1v) is 8.53. The number of benzene rings is 2. The van der Waals surface area contributed by atoms with Gasteiger partial charge in [0.25, 0.3) is 0 Å². The lowest BCUT2D eigenvalue weighted by Crippen LogP contribution is -2.38. The molecule has 0 aromatic heterocycles. The Bertz CT molecular complexity index is 764. The molecule has 1 atom stereocenters. The number of rotatable bonds is 7. The number of carboxylic acid groups (broad SMARTS) is 1. The van der Waals surface area contributed by atoms with Crippen LogP contribution in [0.25, 0.3) is 10.8 Å². The maximum absolute atomic E-state index is 12.2. The van der Waals surface area contributed by atoms with Gasteiger partial charge in [-0.2, -0.15) is 0 Å².